The fourth-order valence-corrected chi connectivity index (χ4v) is 1.02. The van der Waals surface area contributed by atoms with Crippen LogP contribution in [0.5, 0.6) is 0 Å². The fraction of sp³-hybridized carbons (Fsp3) is 1.00. The first-order valence-corrected chi connectivity index (χ1v) is 3.84. The van der Waals surface area contributed by atoms with Crippen molar-refractivity contribution in [3.05, 3.63) is 0 Å². The molecule has 0 amide bonds. The molecule has 0 saturated carbocycles. The van der Waals surface area contributed by atoms with Crippen LogP contribution in [0.4, 0.5) is 0 Å². The molecule has 2 unspecified atom stereocenters. The van der Waals surface area contributed by atoms with Crippen LogP contribution >= 0.6 is 11.6 Å². The van der Waals surface area contributed by atoms with Gasteiger partial charge in [0.15, 0.2) is 6.29 Å². The highest BCUT2D eigenvalue weighted by Crippen LogP contribution is 2.14. The van der Waals surface area contributed by atoms with Gasteiger partial charge in [0.1, 0.15) is 6.10 Å². The Balaban J connectivity index is 2.15. The minimum atomic E-state index is -0.199. The summed E-state index contributed by atoms with van der Waals surface area (Å²) in [6, 6.07) is 0. The molecule has 1 N–H and O–H groups in total. The van der Waals surface area contributed by atoms with E-state index in [-0.39, 0.29) is 19.0 Å². The molecule has 1 rings (SSSR count). The molecule has 1 saturated heterocycles. The second kappa shape index (κ2) is 4.13. The van der Waals surface area contributed by atoms with Gasteiger partial charge in [-0.05, 0) is 0 Å². The lowest BCUT2D eigenvalue weighted by Crippen LogP contribution is -2.16. The van der Waals surface area contributed by atoms with Crippen molar-refractivity contribution in [2.24, 2.45) is 0 Å². The van der Waals surface area contributed by atoms with Gasteiger partial charge in [-0.3, -0.25) is 0 Å². The van der Waals surface area contributed by atoms with Crippen LogP contribution < -0.4 is 0 Å². The molecule has 3 nitrogen and oxygen atoms in total. The Labute approximate surface area is 64.9 Å². The minimum absolute atomic E-state index is 0.0266. The average molecular weight is 167 g/mol. The lowest BCUT2D eigenvalue weighted by molar-refractivity contribution is -0.0653. The number of aliphatic hydroxyl groups is 1. The van der Waals surface area contributed by atoms with Crippen LogP contribution in [0.15, 0.2) is 0 Å². The van der Waals surface area contributed by atoms with Crippen LogP contribution in [0, 0.1) is 0 Å². The molecule has 0 spiro atoms. The zero-order valence-corrected chi connectivity index (χ0v) is 6.38. The van der Waals surface area contributed by atoms with Gasteiger partial charge in [-0.25, -0.2) is 0 Å². The second-order valence-electron chi connectivity index (χ2n) is 2.18. The fourth-order valence-electron chi connectivity index (χ4n) is 0.844. The van der Waals surface area contributed by atoms with Gasteiger partial charge in [-0.15, -0.1) is 11.6 Å². The van der Waals surface area contributed by atoms with Crippen LogP contribution in [0.3, 0.4) is 0 Å². The van der Waals surface area contributed by atoms with Crippen LogP contribution in [0.1, 0.15) is 6.42 Å². The van der Waals surface area contributed by atoms with Gasteiger partial charge in [0.25, 0.3) is 0 Å². The van der Waals surface area contributed by atoms with Crippen LogP contribution in [-0.4, -0.2) is 36.6 Å². The Kier molecular flexibility index (Phi) is 3.42. The largest absolute Gasteiger partial charge is 0.394 e. The summed E-state index contributed by atoms with van der Waals surface area (Å²) in [5.41, 5.74) is 0. The van der Waals surface area contributed by atoms with E-state index in [1.54, 1.807) is 0 Å². The lowest BCUT2D eigenvalue weighted by atomic mass is 10.4. The molecule has 1 fully saturated rings. The third kappa shape index (κ3) is 2.09. The molecule has 0 radical (unpaired) electrons. The number of alkyl halides is 1. The summed E-state index contributed by atoms with van der Waals surface area (Å²) in [5.74, 6) is 0.531. The van der Waals surface area contributed by atoms with Gasteiger partial charge in [-0.1, -0.05) is 0 Å². The van der Waals surface area contributed by atoms with Gasteiger partial charge >= 0.3 is 0 Å². The molecule has 1 aliphatic heterocycles. The van der Waals surface area contributed by atoms with E-state index in [0.717, 1.165) is 0 Å². The van der Waals surface area contributed by atoms with Crippen molar-refractivity contribution in [2.45, 2.75) is 18.8 Å². The molecule has 60 valence electrons. The Morgan fingerprint density at radius 2 is 2.40 bits per heavy atom. The Bertz CT molecular complexity index is 99.0. The third-order valence-corrected chi connectivity index (χ3v) is 1.58. The first-order valence-electron chi connectivity index (χ1n) is 3.30. The summed E-state index contributed by atoms with van der Waals surface area (Å²) in [6.45, 7) is 0.511. The van der Waals surface area contributed by atoms with Gasteiger partial charge in [0.05, 0.1) is 13.2 Å². The van der Waals surface area contributed by atoms with Crippen molar-refractivity contribution in [3.8, 4) is 0 Å². The average Bonchev–Trinajstić information content (AvgIpc) is 2.37. The van der Waals surface area contributed by atoms with Crippen molar-refractivity contribution in [1.29, 1.82) is 0 Å². The van der Waals surface area contributed by atoms with Crippen molar-refractivity contribution >= 4 is 11.6 Å². The van der Waals surface area contributed by atoms with Gasteiger partial charge < -0.3 is 14.6 Å². The molecule has 4 heteroatoms. The van der Waals surface area contributed by atoms with E-state index < -0.39 is 0 Å². The summed E-state index contributed by atoms with van der Waals surface area (Å²) in [4.78, 5) is 0. The monoisotopic (exact) mass is 166 g/mol. The molecule has 1 aliphatic rings. The molecular weight excluding hydrogens is 156 g/mol. The number of hydrogen-bond acceptors (Lipinski definition) is 3. The second-order valence-corrected chi connectivity index (χ2v) is 2.56. The molecule has 0 bridgehead atoms. The number of halogens is 1. The van der Waals surface area contributed by atoms with E-state index in [1.807, 2.05) is 0 Å². The van der Waals surface area contributed by atoms with E-state index in [4.69, 9.17) is 26.2 Å². The van der Waals surface area contributed by atoms with Crippen LogP contribution in [0.25, 0.3) is 0 Å². The highest BCUT2D eigenvalue weighted by Gasteiger charge is 2.24. The molecule has 0 aromatic heterocycles. The summed E-state index contributed by atoms with van der Waals surface area (Å²) in [7, 11) is 0. The van der Waals surface area contributed by atoms with E-state index in [1.165, 1.54) is 0 Å². The zero-order valence-electron chi connectivity index (χ0n) is 5.62. The van der Waals surface area contributed by atoms with Crippen molar-refractivity contribution in [3.63, 3.8) is 0 Å². The van der Waals surface area contributed by atoms with Crippen molar-refractivity contribution in [2.75, 3.05) is 19.1 Å². The Hall–Kier alpha value is 0.170. The smallest absolute Gasteiger partial charge is 0.159 e. The first kappa shape index (κ1) is 8.27. The predicted octanol–water partition coefficient (Wildman–Crippen LogP) is 0.349. The quantitative estimate of drug-likeness (QED) is 0.615. The third-order valence-electron chi connectivity index (χ3n) is 1.36. The van der Waals surface area contributed by atoms with E-state index in [2.05, 4.69) is 0 Å². The summed E-state index contributed by atoms with van der Waals surface area (Å²) in [6.07, 6.45) is 0.348. The topological polar surface area (TPSA) is 38.7 Å². The van der Waals surface area contributed by atoms with Gasteiger partial charge in [0, 0.05) is 12.3 Å². The van der Waals surface area contributed by atoms with Gasteiger partial charge in [-0.2, -0.15) is 0 Å². The highest BCUT2D eigenvalue weighted by molar-refractivity contribution is 6.17. The Morgan fingerprint density at radius 3 is 2.90 bits per heavy atom. The molecular formula is C6H11ClO3. The molecule has 0 aliphatic carbocycles. The number of hydrogen-bond donors (Lipinski definition) is 1. The maximum atomic E-state index is 8.61. The molecule has 2 atom stereocenters. The molecule has 0 aromatic carbocycles. The SMILES string of the molecule is OCC1COC(CCCl)O1. The summed E-state index contributed by atoms with van der Waals surface area (Å²) in [5, 5.41) is 8.61. The number of aliphatic hydroxyl groups excluding tert-OH is 1. The van der Waals surface area contributed by atoms with Crippen LogP contribution in [0.2, 0.25) is 0 Å². The highest BCUT2D eigenvalue weighted by atomic mass is 35.5. The Morgan fingerprint density at radius 1 is 1.60 bits per heavy atom. The molecule has 1 heterocycles. The minimum Gasteiger partial charge on any atom is -0.394 e. The van der Waals surface area contributed by atoms with Gasteiger partial charge in [0.2, 0.25) is 0 Å². The molecule has 10 heavy (non-hydrogen) atoms. The van der Waals surface area contributed by atoms with Crippen LogP contribution in [-0.2, 0) is 9.47 Å². The predicted molar refractivity (Wildman–Crippen MR) is 37.0 cm³/mol. The zero-order chi connectivity index (χ0) is 7.40. The number of ether oxygens (including phenoxy) is 2. The first-order chi connectivity index (χ1) is 4.86. The van der Waals surface area contributed by atoms with Crippen molar-refractivity contribution < 1.29 is 14.6 Å². The van der Waals surface area contributed by atoms with E-state index >= 15 is 0 Å². The lowest BCUT2D eigenvalue weighted by Gasteiger charge is -2.06. The van der Waals surface area contributed by atoms with E-state index in [9.17, 15) is 0 Å². The maximum absolute atomic E-state index is 8.61. The summed E-state index contributed by atoms with van der Waals surface area (Å²) < 4.78 is 10.3. The molecule has 0 aromatic rings. The number of rotatable bonds is 3. The van der Waals surface area contributed by atoms with Crippen molar-refractivity contribution in [1.82, 2.24) is 0 Å². The summed E-state index contributed by atoms with van der Waals surface area (Å²) >= 11 is 5.45. The van der Waals surface area contributed by atoms with E-state index in [0.29, 0.717) is 18.9 Å². The normalized spacial score (nSPS) is 33.0. The maximum Gasteiger partial charge on any atom is 0.159 e. The standard InChI is InChI=1S/C6H11ClO3/c7-2-1-6-9-4-5(3-8)10-6/h5-6,8H,1-4H2.